The smallest absolute Gasteiger partial charge is 0.180 e. The zero-order chi connectivity index (χ0) is 37.5. The average Bonchev–Trinajstić information content (AvgIpc) is 3.79. The van der Waals surface area contributed by atoms with Crippen LogP contribution in [0.3, 0.4) is 0 Å². The molecule has 17 heteroatoms. The lowest BCUT2D eigenvalue weighted by Crippen LogP contribution is -2.01. The molecule has 0 atom stereocenters. The summed E-state index contributed by atoms with van der Waals surface area (Å²) in [6.07, 6.45) is 14.3. The number of aryl methyl sites for hydroxylation is 2. The third-order valence-corrected chi connectivity index (χ3v) is 8.18. The van der Waals surface area contributed by atoms with Gasteiger partial charge in [-0.3, -0.25) is 19.3 Å². The summed E-state index contributed by atoms with van der Waals surface area (Å²) in [5.41, 5.74) is 13.7. The zero-order valence-electron chi connectivity index (χ0n) is 30.0. The Morgan fingerprint density at radius 1 is 0.623 bits per heavy atom. The van der Waals surface area contributed by atoms with E-state index in [4.69, 9.17) is 5.73 Å². The Hall–Kier alpha value is -6.36. The molecule has 8 heterocycles. The maximum Gasteiger partial charge on any atom is 0.180 e. The van der Waals surface area contributed by atoms with Gasteiger partial charge in [-0.2, -0.15) is 20.4 Å². The first-order valence-corrected chi connectivity index (χ1v) is 17.4. The van der Waals surface area contributed by atoms with E-state index in [1.807, 2.05) is 62.9 Å². The molecule has 0 aliphatic rings. The molecule has 0 radical (unpaired) electrons. The van der Waals surface area contributed by atoms with E-state index in [0.717, 1.165) is 49.3 Å². The minimum Gasteiger partial charge on any atom is -0.382 e. The second-order valence-electron chi connectivity index (χ2n) is 12.6. The van der Waals surface area contributed by atoms with Gasteiger partial charge in [-0.1, -0.05) is 27.7 Å². The van der Waals surface area contributed by atoms with Crippen LogP contribution in [0.1, 0.15) is 50.7 Å². The Bertz CT molecular complexity index is 2470. The number of nitrogens with one attached hydrogen (secondary N) is 1. The number of pyridine rings is 2. The fraction of sp³-hybridized carbons (Fsp3) is 0.222. The molecule has 0 amide bonds. The summed E-state index contributed by atoms with van der Waals surface area (Å²) in [4.78, 5) is 26.7. The molecule has 268 valence electrons. The first kappa shape index (κ1) is 36.4. The van der Waals surface area contributed by atoms with Crippen LogP contribution in [0.15, 0.2) is 90.6 Å². The van der Waals surface area contributed by atoms with Gasteiger partial charge in [-0.15, -0.1) is 10.2 Å². The standard InChI is InChI=1S/C18H18N8.C11H8BrN5.C7H11N3/c1-11(2)12-6-17(25-20-7-12)23-16-5-4-14-18(24-16)22-15(9-19-14)13-8-21-26(3)10-13;1-17-6-7(4-14-17)9-5-13-8-2-3-10(12)16-11(8)15-9;1-5(2)6-3-7(8)10-9-4-6/h4-11H,1-3H3,(H,22,23,24,25);2-6H,1H3;3-5H,1-2H3,(H2,8,10). The Morgan fingerprint density at radius 2 is 1.17 bits per heavy atom. The van der Waals surface area contributed by atoms with Crippen LogP contribution in [0.25, 0.3) is 44.8 Å². The van der Waals surface area contributed by atoms with Crippen molar-refractivity contribution in [1.29, 1.82) is 0 Å². The predicted octanol–water partition coefficient (Wildman–Crippen LogP) is 6.45. The fourth-order valence-corrected chi connectivity index (χ4v) is 5.13. The molecule has 0 unspecified atom stereocenters. The van der Waals surface area contributed by atoms with E-state index in [0.29, 0.717) is 40.6 Å². The molecule has 0 fully saturated rings. The van der Waals surface area contributed by atoms with E-state index in [1.165, 1.54) is 0 Å². The zero-order valence-corrected chi connectivity index (χ0v) is 31.5. The molecule has 53 heavy (non-hydrogen) atoms. The van der Waals surface area contributed by atoms with Crippen LogP contribution < -0.4 is 11.1 Å². The fourth-order valence-electron chi connectivity index (χ4n) is 4.83. The van der Waals surface area contributed by atoms with Crippen LogP contribution in [-0.2, 0) is 14.1 Å². The molecule has 8 aromatic heterocycles. The number of aromatic nitrogens is 14. The second-order valence-corrected chi connectivity index (χ2v) is 13.4. The van der Waals surface area contributed by atoms with E-state index in [9.17, 15) is 0 Å². The topological polar surface area (TPSA) is 203 Å². The van der Waals surface area contributed by atoms with Crippen molar-refractivity contribution in [1.82, 2.24) is 69.9 Å². The summed E-state index contributed by atoms with van der Waals surface area (Å²) in [5.74, 6) is 2.64. The van der Waals surface area contributed by atoms with Crippen molar-refractivity contribution in [2.24, 2.45) is 14.1 Å². The van der Waals surface area contributed by atoms with Gasteiger partial charge in [0.2, 0.25) is 0 Å². The van der Waals surface area contributed by atoms with Crippen LogP contribution in [0, 0.1) is 0 Å². The largest absolute Gasteiger partial charge is 0.382 e. The predicted molar refractivity (Wildman–Crippen MR) is 207 cm³/mol. The highest BCUT2D eigenvalue weighted by Crippen LogP contribution is 2.22. The van der Waals surface area contributed by atoms with E-state index in [2.05, 4.69) is 109 Å². The molecular weight excluding hydrogens is 736 g/mol. The molecule has 0 spiro atoms. The van der Waals surface area contributed by atoms with Crippen LogP contribution in [0.4, 0.5) is 17.5 Å². The third-order valence-electron chi connectivity index (χ3n) is 7.74. The molecule has 0 aromatic carbocycles. The Kier molecular flexibility index (Phi) is 11.2. The van der Waals surface area contributed by atoms with Crippen molar-refractivity contribution in [2.75, 3.05) is 11.1 Å². The maximum absolute atomic E-state index is 5.42. The normalized spacial score (nSPS) is 11.0. The van der Waals surface area contributed by atoms with E-state index in [-0.39, 0.29) is 0 Å². The molecule has 0 bridgehead atoms. The summed E-state index contributed by atoms with van der Waals surface area (Å²) in [5, 5.41) is 27.0. The number of rotatable bonds is 6. The van der Waals surface area contributed by atoms with Gasteiger partial charge >= 0.3 is 0 Å². The number of fused-ring (bicyclic) bond motifs is 2. The van der Waals surface area contributed by atoms with E-state index < -0.39 is 0 Å². The molecule has 0 aliphatic carbocycles. The average molecular weight is 774 g/mol. The van der Waals surface area contributed by atoms with Gasteiger partial charge in [0.05, 0.1) is 48.6 Å². The molecule has 8 rings (SSSR count). The number of anilines is 3. The third kappa shape index (κ3) is 9.50. The summed E-state index contributed by atoms with van der Waals surface area (Å²) in [6, 6.07) is 11.3. The van der Waals surface area contributed by atoms with Crippen molar-refractivity contribution in [3.8, 4) is 22.5 Å². The minimum atomic E-state index is 0.378. The van der Waals surface area contributed by atoms with Gasteiger partial charge in [0.1, 0.15) is 27.3 Å². The highest BCUT2D eigenvalue weighted by atomic mass is 79.9. The van der Waals surface area contributed by atoms with Gasteiger partial charge in [-0.05, 0) is 75.3 Å². The quantitative estimate of drug-likeness (QED) is 0.174. The SMILES string of the molecule is CC(C)c1cnnc(N)c1.CC(C)c1cnnc(Nc2ccc3ncc(-c4cnn(C)c4)nc3n2)c1.Cn1cc(-c2cnc3ccc(Br)nc3n2)cn1. The van der Waals surface area contributed by atoms with Crippen molar-refractivity contribution in [3.05, 3.63) is 102 Å². The number of nitrogens with two attached hydrogens (primary N) is 1. The minimum absolute atomic E-state index is 0.378. The molecule has 0 saturated heterocycles. The number of nitrogen functional groups attached to an aromatic ring is 1. The summed E-state index contributed by atoms with van der Waals surface area (Å²) in [7, 11) is 3.73. The van der Waals surface area contributed by atoms with Gasteiger partial charge in [0.25, 0.3) is 0 Å². The van der Waals surface area contributed by atoms with Crippen LogP contribution in [0.5, 0.6) is 0 Å². The molecule has 0 aliphatic heterocycles. The summed E-state index contributed by atoms with van der Waals surface area (Å²) in [6.45, 7) is 8.42. The molecule has 0 saturated carbocycles. The molecular formula is C36H37BrN16. The lowest BCUT2D eigenvalue weighted by molar-refractivity contribution is 0.768. The Labute approximate surface area is 313 Å². The van der Waals surface area contributed by atoms with Crippen molar-refractivity contribution >= 4 is 55.7 Å². The van der Waals surface area contributed by atoms with Crippen LogP contribution in [0.2, 0.25) is 0 Å². The number of hydrogen-bond acceptors (Lipinski definition) is 14. The van der Waals surface area contributed by atoms with Crippen LogP contribution in [-0.4, -0.2) is 69.9 Å². The molecule has 16 nitrogen and oxygen atoms in total. The van der Waals surface area contributed by atoms with Gasteiger partial charge in [-0.25, -0.2) is 19.9 Å². The second kappa shape index (κ2) is 16.3. The highest BCUT2D eigenvalue weighted by molar-refractivity contribution is 9.10. The Morgan fingerprint density at radius 3 is 1.70 bits per heavy atom. The van der Waals surface area contributed by atoms with Crippen molar-refractivity contribution in [2.45, 2.75) is 39.5 Å². The van der Waals surface area contributed by atoms with Gasteiger partial charge < -0.3 is 11.1 Å². The number of nitrogens with zero attached hydrogens (tertiary/aromatic N) is 14. The van der Waals surface area contributed by atoms with Crippen molar-refractivity contribution < 1.29 is 0 Å². The molecule has 8 aromatic rings. The first-order valence-electron chi connectivity index (χ1n) is 16.6. The summed E-state index contributed by atoms with van der Waals surface area (Å²) < 4.78 is 4.21. The van der Waals surface area contributed by atoms with E-state index in [1.54, 1.807) is 46.5 Å². The number of halogens is 1. The molecule has 3 N–H and O–H groups in total. The first-order chi connectivity index (χ1) is 25.5. The lowest BCUT2D eigenvalue weighted by atomic mass is 10.1. The Balaban J connectivity index is 0.000000152. The maximum atomic E-state index is 5.42. The van der Waals surface area contributed by atoms with Crippen LogP contribution >= 0.6 is 15.9 Å². The summed E-state index contributed by atoms with van der Waals surface area (Å²) >= 11 is 3.32. The van der Waals surface area contributed by atoms with E-state index >= 15 is 0 Å². The lowest BCUT2D eigenvalue weighted by Gasteiger charge is -2.08. The highest BCUT2D eigenvalue weighted by Gasteiger charge is 2.09. The van der Waals surface area contributed by atoms with Gasteiger partial charge in [0.15, 0.2) is 17.1 Å². The van der Waals surface area contributed by atoms with Gasteiger partial charge in [0, 0.05) is 37.6 Å². The monoisotopic (exact) mass is 772 g/mol. The van der Waals surface area contributed by atoms with Crippen molar-refractivity contribution in [3.63, 3.8) is 0 Å². The number of hydrogen-bond donors (Lipinski definition) is 2.